The number of anilines is 2. The van der Waals surface area contributed by atoms with Crippen molar-refractivity contribution in [3.63, 3.8) is 0 Å². The number of rotatable bonds is 5. The minimum atomic E-state index is 0.389. The zero-order chi connectivity index (χ0) is 16.9. The summed E-state index contributed by atoms with van der Waals surface area (Å²) in [5.74, 6) is 1.33. The third-order valence-electron chi connectivity index (χ3n) is 3.22. The lowest BCUT2D eigenvalue weighted by molar-refractivity contribution is 0.292. The Hall–Kier alpha value is -2.92. The second kappa shape index (κ2) is 7.10. The van der Waals surface area contributed by atoms with Gasteiger partial charge in [-0.2, -0.15) is 0 Å². The lowest BCUT2D eigenvalue weighted by Gasteiger charge is -2.11. The van der Waals surface area contributed by atoms with Gasteiger partial charge in [0.15, 0.2) is 5.75 Å². The zero-order valence-corrected chi connectivity index (χ0v) is 13.5. The Morgan fingerprint density at radius 3 is 2.54 bits per heavy atom. The number of nitrogen functional groups attached to an aromatic ring is 2. The van der Waals surface area contributed by atoms with Crippen LogP contribution in [0.3, 0.4) is 0 Å². The summed E-state index contributed by atoms with van der Waals surface area (Å²) in [6.07, 6.45) is 1.49. The van der Waals surface area contributed by atoms with E-state index in [9.17, 15) is 0 Å². The van der Waals surface area contributed by atoms with E-state index in [1.54, 1.807) is 24.3 Å². The monoisotopic (exact) mass is 341 g/mol. The Morgan fingerprint density at radius 1 is 1.00 bits per heavy atom. The molecule has 0 radical (unpaired) electrons. The summed E-state index contributed by atoms with van der Waals surface area (Å²) in [7, 11) is 0. The van der Waals surface area contributed by atoms with Crippen LogP contribution in [-0.2, 0) is 6.61 Å². The molecular weight excluding hydrogens is 326 g/mol. The first kappa shape index (κ1) is 16.0. The minimum absolute atomic E-state index is 0.389. The summed E-state index contributed by atoms with van der Waals surface area (Å²) >= 11 is 5.98. The fraction of sp³-hybridized carbons (Fsp3) is 0.0556. The molecule has 4 N–H and O–H groups in total. The summed E-state index contributed by atoms with van der Waals surface area (Å²) in [5.41, 5.74) is 13.6. The van der Waals surface area contributed by atoms with E-state index in [0.29, 0.717) is 40.4 Å². The highest BCUT2D eigenvalue weighted by Gasteiger charge is 2.08. The normalized spacial score (nSPS) is 10.4. The lowest BCUT2D eigenvalue weighted by Crippen LogP contribution is -1.99. The van der Waals surface area contributed by atoms with Crippen molar-refractivity contribution in [1.82, 2.24) is 4.98 Å². The average Bonchev–Trinajstić information content (AvgIpc) is 2.55. The van der Waals surface area contributed by atoms with E-state index in [2.05, 4.69) is 4.98 Å². The molecule has 0 bridgehead atoms. The molecule has 0 aliphatic heterocycles. The van der Waals surface area contributed by atoms with Crippen LogP contribution in [0.4, 0.5) is 11.4 Å². The molecule has 5 nitrogen and oxygen atoms in total. The van der Waals surface area contributed by atoms with Gasteiger partial charge in [-0.1, -0.05) is 41.9 Å². The van der Waals surface area contributed by atoms with Crippen LogP contribution in [0.15, 0.2) is 60.8 Å². The topological polar surface area (TPSA) is 83.4 Å². The van der Waals surface area contributed by atoms with Gasteiger partial charge < -0.3 is 20.9 Å². The molecule has 3 aromatic rings. The summed E-state index contributed by atoms with van der Waals surface area (Å²) in [4.78, 5) is 4.15. The van der Waals surface area contributed by atoms with Gasteiger partial charge in [0.25, 0.3) is 0 Å². The second-order valence-corrected chi connectivity index (χ2v) is 5.59. The number of benzene rings is 2. The average molecular weight is 342 g/mol. The molecule has 0 atom stereocenters. The van der Waals surface area contributed by atoms with Crippen LogP contribution in [0.5, 0.6) is 17.4 Å². The maximum absolute atomic E-state index is 5.98. The number of ether oxygens (including phenoxy) is 2. The molecule has 1 heterocycles. The molecule has 2 aromatic carbocycles. The van der Waals surface area contributed by atoms with Crippen molar-refractivity contribution in [3.05, 3.63) is 71.4 Å². The summed E-state index contributed by atoms with van der Waals surface area (Å²) < 4.78 is 11.4. The van der Waals surface area contributed by atoms with E-state index < -0.39 is 0 Å². The fourth-order valence-electron chi connectivity index (χ4n) is 2.10. The molecule has 3 rings (SSSR count). The molecule has 0 spiro atoms. The van der Waals surface area contributed by atoms with E-state index in [-0.39, 0.29) is 0 Å². The highest BCUT2D eigenvalue weighted by Crippen LogP contribution is 2.32. The van der Waals surface area contributed by atoms with Crippen LogP contribution in [0.25, 0.3) is 0 Å². The first-order valence-electron chi connectivity index (χ1n) is 7.26. The molecule has 0 unspecified atom stereocenters. The molecular formula is C18H16ClN3O2. The molecule has 0 amide bonds. The summed E-state index contributed by atoms with van der Waals surface area (Å²) in [6, 6.07) is 16.4. The molecule has 0 fully saturated rings. The Balaban J connectivity index is 1.76. The van der Waals surface area contributed by atoms with Crippen molar-refractivity contribution in [2.75, 3.05) is 11.5 Å². The SMILES string of the molecule is Nc1cc(Cl)cc(Oc2cc(OCc3ccccc3)ncc2N)c1. The number of halogens is 1. The number of hydrogen-bond donors (Lipinski definition) is 2. The highest BCUT2D eigenvalue weighted by molar-refractivity contribution is 6.31. The van der Waals surface area contributed by atoms with E-state index in [1.807, 2.05) is 30.3 Å². The van der Waals surface area contributed by atoms with Crippen molar-refractivity contribution in [1.29, 1.82) is 0 Å². The van der Waals surface area contributed by atoms with E-state index >= 15 is 0 Å². The second-order valence-electron chi connectivity index (χ2n) is 5.16. The first-order chi connectivity index (χ1) is 11.6. The predicted octanol–water partition coefficient (Wildman–Crippen LogP) is 4.27. The van der Waals surface area contributed by atoms with Gasteiger partial charge in [-0.25, -0.2) is 4.98 Å². The van der Waals surface area contributed by atoms with E-state index in [0.717, 1.165) is 5.56 Å². The molecule has 1 aromatic heterocycles. The largest absolute Gasteiger partial charge is 0.473 e. The van der Waals surface area contributed by atoms with Crippen LogP contribution in [-0.4, -0.2) is 4.98 Å². The van der Waals surface area contributed by atoms with Crippen LogP contribution in [0.1, 0.15) is 5.56 Å². The Morgan fingerprint density at radius 2 is 1.79 bits per heavy atom. The number of pyridine rings is 1. The van der Waals surface area contributed by atoms with Crippen molar-refractivity contribution in [3.8, 4) is 17.4 Å². The van der Waals surface area contributed by atoms with Crippen LogP contribution < -0.4 is 20.9 Å². The number of hydrogen-bond acceptors (Lipinski definition) is 5. The first-order valence-corrected chi connectivity index (χ1v) is 7.64. The van der Waals surface area contributed by atoms with Gasteiger partial charge >= 0.3 is 0 Å². The van der Waals surface area contributed by atoms with Crippen LogP contribution in [0, 0.1) is 0 Å². The summed E-state index contributed by atoms with van der Waals surface area (Å²) in [5, 5.41) is 0.484. The molecule has 0 aliphatic rings. The van der Waals surface area contributed by atoms with Gasteiger partial charge in [-0.3, -0.25) is 0 Å². The lowest BCUT2D eigenvalue weighted by atomic mass is 10.2. The third-order valence-corrected chi connectivity index (χ3v) is 3.44. The zero-order valence-electron chi connectivity index (χ0n) is 12.8. The molecule has 6 heteroatoms. The Bertz CT molecular complexity index is 821. The molecule has 0 saturated heterocycles. The number of aromatic nitrogens is 1. The maximum Gasteiger partial charge on any atom is 0.217 e. The van der Waals surface area contributed by atoms with Gasteiger partial charge in [0, 0.05) is 22.8 Å². The van der Waals surface area contributed by atoms with Crippen LogP contribution >= 0.6 is 11.6 Å². The quantitative estimate of drug-likeness (QED) is 0.677. The number of nitrogens with two attached hydrogens (primary N) is 2. The van der Waals surface area contributed by atoms with Gasteiger partial charge in [0.2, 0.25) is 5.88 Å². The standard InChI is InChI=1S/C18H16ClN3O2/c19-13-6-14(20)8-15(7-13)24-17-9-18(22-10-16(17)21)23-11-12-4-2-1-3-5-12/h1-10H,11,20-21H2. The van der Waals surface area contributed by atoms with Crippen molar-refractivity contribution >= 4 is 23.0 Å². The van der Waals surface area contributed by atoms with Crippen molar-refractivity contribution in [2.45, 2.75) is 6.61 Å². The Kier molecular flexibility index (Phi) is 4.72. The predicted molar refractivity (Wildman–Crippen MR) is 95.4 cm³/mol. The van der Waals surface area contributed by atoms with Gasteiger partial charge in [0.1, 0.15) is 12.4 Å². The van der Waals surface area contributed by atoms with Crippen LogP contribution in [0.2, 0.25) is 5.02 Å². The van der Waals surface area contributed by atoms with E-state index in [1.165, 1.54) is 6.20 Å². The number of nitrogens with zero attached hydrogens (tertiary/aromatic N) is 1. The van der Waals surface area contributed by atoms with Gasteiger partial charge in [-0.15, -0.1) is 0 Å². The minimum Gasteiger partial charge on any atom is -0.473 e. The molecule has 0 aliphatic carbocycles. The van der Waals surface area contributed by atoms with Crippen molar-refractivity contribution in [2.24, 2.45) is 0 Å². The van der Waals surface area contributed by atoms with E-state index in [4.69, 9.17) is 32.5 Å². The fourth-order valence-corrected chi connectivity index (χ4v) is 2.33. The summed E-state index contributed by atoms with van der Waals surface area (Å²) in [6.45, 7) is 0.404. The Labute approximate surface area is 144 Å². The smallest absolute Gasteiger partial charge is 0.217 e. The molecule has 122 valence electrons. The molecule has 24 heavy (non-hydrogen) atoms. The van der Waals surface area contributed by atoms with Gasteiger partial charge in [-0.05, 0) is 17.7 Å². The third kappa shape index (κ3) is 4.08. The maximum atomic E-state index is 5.98. The molecule has 0 saturated carbocycles. The van der Waals surface area contributed by atoms with Crippen molar-refractivity contribution < 1.29 is 9.47 Å². The highest BCUT2D eigenvalue weighted by atomic mass is 35.5. The van der Waals surface area contributed by atoms with Gasteiger partial charge in [0.05, 0.1) is 11.9 Å².